The molecule has 1 aromatic heterocycles. The number of hydrogen-bond acceptors (Lipinski definition) is 3. The molecule has 0 aliphatic heterocycles. The van der Waals surface area contributed by atoms with Crippen molar-refractivity contribution in [3.8, 4) is 0 Å². The lowest BCUT2D eigenvalue weighted by Crippen LogP contribution is -2.27. The minimum absolute atomic E-state index is 0.215. The molecule has 0 saturated heterocycles. The van der Waals surface area contributed by atoms with Crippen LogP contribution in [0.5, 0.6) is 0 Å². The van der Waals surface area contributed by atoms with Gasteiger partial charge in [-0.25, -0.2) is 0 Å². The van der Waals surface area contributed by atoms with E-state index in [1.165, 1.54) is 19.3 Å². The van der Waals surface area contributed by atoms with E-state index in [1.54, 1.807) is 12.5 Å². The fourth-order valence-corrected chi connectivity index (χ4v) is 1.63. The standard InChI is InChI=1S/C12H20N2O/c1-2-3-4-5-6-7-12(14-13)11-8-9-15-10-11/h2,8-10,12,14H,1,3-7,13H2. The van der Waals surface area contributed by atoms with Crippen molar-refractivity contribution in [2.45, 2.75) is 38.1 Å². The minimum atomic E-state index is 0.215. The van der Waals surface area contributed by atoms with Crippen LogP contribution in [0.1, 0.15) is 43.7 Å². The van der Waals surface area contributed by atoms with E-state index < -0.39 is 0 Å². The highest BCUT2D eigenvalue weighted by atomic mass is 16.3. The normalized spacial score (nSPS) is 12.6. The highest BCUT2D eigenvalue weighted by Crippen LogP contribution is 2.19. The average Bonchev–Trinajstić information content (AvgIpc) is 2.77. The van der Waals surface area contributed by atoms with Crippen LogP contribution in [0, 0.1) is 0 Å². The zero-order chi connectivity index (χ0) is 10.9. The van der Waals surface area contributed by atoms with Crippen molar-refractivity contribution in [3.63, 3.8) is 0 Å². The number of furan rings is 1. The largest absolute Gasteiger partial charge is 0.472 e. The summed E-state index contributed by atoms with van der Waals surface area (Å²) < 4.78 is 5.03. The fourth-order valence-electron chi connectivity index (χ4n) is 1.63. The van der Waals surface area contributed by atoms with Gasteiger partial charge in [-0.2, -0.15) is 0 Å². The second-order valence-corrected chi connectivity index (χ2v) is 3.70. The van der Waals surface area contributed by atoms with Gasteiger partial charge in [0.05, 0.1) is 12.5 Å². The van der Waals surface area contributed by atoms with Crippen molar-refractivity contribution < 1.29 is 4.42 Å². The summed E-state index contributed by atoms with van der Waals surface area (Å²) in [4.78, 5) is 0. The maximum atomic E-state index is 5.50. The lowest BCUT2D eigenvalue weighted by Gasteiger charge is -2.13. The smallest absolute Gasteiger partial charge is 0.0950 e. The van der Waals surface area contributed by atoms with Gasteiger partial charge < -0.3 is 4.42 Å². The van der Waals surface area contributed by atoms with Crippen LogP contribution in [0.15, 0.2) is 35.7 Å². The van der Waals surface area contributed by atoms with Gasteiger partial charge in [0.15, 0.2) is 0 Å². The monoisotopic (exact) mass is 208 g/mol. The van der Waals surface area contributed by atoms with Crippen LogP contribution < -0.4 is 11.3 Å². The Hall–Kier alpha value is -1.06. The molecular weight excluding hydrogens is 188 g/mol. The Labute approximate surface area is 91.3 Å². The fraction of sp³-hybridized carbons (Fsp3) is 0.500. The van der Waals surface area contributed by atoms with Crippen LogP contribution in [-0.2, 0) is 0 Å². The van der Waals surface area contributed by atoms with Crippen LogP contribution >= 0.6 is 0 Å². The van der Waals surface area contributed by atoms with Gasteiger partial charge in [0, 0.05) is 11.6 Å². The SMILES string of the molecule is C=CCCCCCC(NN)c1ccoc1. The molecule has 0 aliphatic rings. The number of unbranched alkanes of at least 4 members (excludes halogenated alkanes) is 3. The molecule has 0 amide bonds. The Morgan fingerprint density at radius 3 is 2.93 bits per heavy atom. The van der Waals surface area contributed by atoms with Crippen LogP contribution in [-0.4, -0.2) is 0 Å². The Morgan fingerprint density at radius 2 is 2.33 bits per heavy atom. The molecule has 0 spiro atoms. The predicted octanol–water partition coefficient (Wildman–Crippen LogP) is 2.92. The molecule has 0 fully saturated rings. The summed E-state index contributed by atoms with van der Waals surface area (Å²) in [5.74, 6) is 5.50. The molecule has 0 saturated carbocycles. The summed E-state index contributed by atoms with van der Waals surface area (Å²) in [6.07, 6.45) is 11.2. The quantitative estimate of drug-likeness (QED) is 0.299. The molecule has 1 rings (SSSR count). The molecule has 0 radical (unpaired) electrons. The van der Waals surface area contributed by atoms with Crippen molar-refractivity contribution in [1.82, 2.24) is 5.43 Å². The zero-order valence-electron chi connectivity index (χ0n) is 9.11. The summed E-state index contributed by atoms with van der Waals surface area (Å²) in [6, 6.07) is 2.17. The third-order valence-electron chi connectivity index (χ3n) is 2.55. The van der Waals surface area contributed by atoms with Crippen LogP contribution in [0.25, 0.3) is 0 Å². The molecule has 1 unspecified atom stereocenters. The van der Waals surface area contributed by atoms with E-state index in [0.29, 0.717) is 0 Å². The Kier molecular flexibility index (Phi) is 5.81. The molecule has 3 nitrogen and oxygen atoms in total. The summed E-state index contributed by atoms with van der Waals surface area (Å²) in [5.41, 5.74) is 3.94. The Bertz CT molecular complexity index is 257. The third-order valence-corrected chi connectivity index (χ3v) is 2.55. The number of hydrazine groups is 1. The molecule has 1 atom stereocenters. The molecule has 1 aromatic rings. The number of nitrogens with one attached hydrogen (secondary N) is 1. The second kappa shape index (κ2) is 7.26. The maximum Gasteiger partial charge on any atom is 0.0950 e. The van der Waals surface area contributed by atoms with E-state index in [9.17, 15) is 0 Å². The molecule has 0 aliphatic carbocycles. The van der Waals surface area contributed by atoms with E-state index >= 15 is 0 Å². The number of allylic oxidation sites excluding steroid dienone is 1. The van der Waals surface area contributed by atoms with Gasteiger partial charge in [0.2, 0.25) is 0 Å². The van der Waals surface area contributed by atoms with Gasteiger partial charge in [0.1, 0.15) is 0 Å². The molecule has 15 heavy (non-hydrogen) atoms. The Morgan fingerprint density at radius 1 is 1.47 bits per heavy atom. The lowest BCUT2D eigenvalue weighted by atomic mass is 10.0. The van der Waals surface area contributed by atoms with Gasteiger partial charge in [0.25, 0.3) is 0 Å². The van der Waals surface area contributed by atoms with Crippen molar-refractivity contribution >= 4 is 0 Å². The average molecular weight is 208 g/mol. The Balaban J connectivity index is 2.20. The lowest BCUT2D eigenvalue weighted by molar-refractivity contribution is 0.475. The molecule has 0 aromatic carbocycles. The summed E-state index contributed by atoms with van der Waals surface area (Å²) >= 11 is 0. The van der Waals surface area contributed by atoms with Gasteiger partial charge in [-0.15, -0.1) is 6.58 Å². The second-order valence-electron chi connectivity index (χ2n) is 3.70. The highest BCUT2D eigenvalue weighted by molar-refractivity contribution is 5.10. The van der Waals surface area contributed by atoms with Crippen molar-refractivity contribution in [2.24, 2.45) is 5.84 Å². The number of rotatable bonds is 8. The van der Waals surface area contributed by atoms with Crippen LogP contribution in [0.3, 0.4) is 0 Å². The molecule has 1 heterocycles. The van der Waals surface area contributed by atoms with Crippen LogP contribution in [0.4, 0.5) is 0 Å². The first-order valence-electron chi connectivity index (χ1n) is 5.47. The van der Waals surface area contributed by atoms with Gasteiger partial charge in [-0.05, 0) is 25.3 Å². The van der Waals surface area contributed by atoms with Crippen molar-refractivity contribution in [2.75, 3.05) is 0 Å². The first-order valence-corrected chi connectivity index (χ1v) is 5.47. The minimum Gasteiger partial charge on any atom is -0.472 e. The summed E-state index contributed by atoms with van der Waals surface area (Å²) in [7, 11) is 0. The third kappa shape index (κ3) is 4.32. The topological polar surface area (TPSA) is 51.2 Å². The van der Waals surface area contributed by atoms with Gasteiger partial charge in [-0.1, -0.05) is 18.9 Å². The van der Waals surface area contributed by atoms with Gasteiger partial charge >= 0.3 is 0 Å². The highest BCUT2D eigenvalue weighted by Gasteiger charge is 2.09. The number of hydrogen-bond donors (Lipinski definition) is 2. The molecule has 84 valence electrons. The van der Waals surface area contributed by atoms with Crippen molar-refractivity contribution in [1.29, 1.82) is 0 Å². The van der Waals surface area contributed by atoms with E-state index in [-0.39, 0.29) is 6.04 Å². The maximum absolute atomic E-state index is 5.50. The molecule has 3 N–H and O–H groups in total. The van der Waals surface area contributed by atoms with Crippen molar-refractivity contribution in [3.05, 3.63) is 36.8 Å². The van der Waals surface area contributed by atoms with Crippen LogP contribution in [0.2, 0.25) is 0 Å². The van der Waals surface area contributed by atoms with E-state index in [4.69, 9.17) is 10.3 Å². The number of nitrogens with two attached hydrogens (primary N) is 1. The van der Waals surface area contributed by atoms with Gasteiger partial charge in [-0.3, -0.25) is 11.3 Å². The first kappa shape index (κ1) is 12.0. The summed E-state index contributed by atoms with van der Waals surface area (Å²) in [5, 5.41) is 0. The van der Waals surface area contributed by atoms with E-state index in [1.807, 2.05) is 12.1 Å². The zero-order valence-corrected chi connectivity index (χ0v) is 9.11. The molecule has 0 bridgehead atoms. The first-order chi connectivity index (χ1) is 7.38. The van der Waals surface area contributed by atoms with E-state index in [2.05, 4.69) is 12.0 Å². The molecule has 3 heteroatoms. The van der Waals surface area contributed by atoms with E-state index in [0.717, 1.165) is 18.4 Å². The predicted molar refractivity (Wildman–Crippen MR) is 62.1 cm³/mol. The molecular formula is C12H20N2O. The summed E-state index contributed by atoms with van der Waals surface area (Å²) in [6.45, 7) is 3.71.